The van der Waals surface area contributed by atoms with Crippen molar-refractivity contribution in [3.8, 4) is 0 Å². The first-order chi connectivity index (χ1) is 14.8. The number of aromatic nitrogens is 4. The fourth-order valence-corrected chi connectivity index (χ4v) is 3.60. The second-order valence-electron chi connectivity index (χ2n) is 7.66. The Balaban J connectivity index is 1.33. The van der Waals surface area contributed by atoms with Crippen LogP contribution >= 0.6 is 0 Å². The van der Waals surface area contributed by atoms with Crippen LogP contribution in [0.25, 0.3) is 0 Å². The number of tetrazole rings is 1. The van der Waals surface area contributed by atoms with Crippen LogP contribution in [-0.2, 0) is 28.9 Å². The third-order valence-electron chi connectivity index (χ3n) is 5.44. The van der Waals surface area contributed by atoms with E-state index < -0.39 is 11.7 Å². The van der Waals surface area contributed by atoms with Crippen molar-refractivity contribution in [1.82, 2.24) is 30.4 Å². The number of carbonyl (C=O) groups is 2. The molecule has 2 amide bonds. The maximum absolute atomic E-state index is 12.8. The van der Waals surface area contributed by atoms with Crippen molar-refractivity contribution in [2.24, 2.45) is 5.92 Å². The molecule has 1 fully saturated rings. The molecule has 11 heteroatoms. The predicted molar refractivity (Wildman–Crippen MR) is 104 cm³/mol. The van der Waals surface area contributed by atoms with Gasteiger partial charge in [0, 0.05) is 32.5 Å². The smallest absolute Gasteiger partial charge is 0.352 e. The highest BCUT2D eigenvalue weighted by Gasteiger charge is 2.30. The Morgan fingerprint density at radius 1 is 1.16 bits per heavy atom. The highest BCUT2D eigenvalue weighted by Crippen LogP contribution is 2.29. The first kappa shape index (κ1) is 22.7. The highest BCUT2D eigenvalue weighted by molar-refractivity contribution is 5.76. The Kier molecular flexibility index (Phi) is 7.59. The van der Waals surface area contributed by atoms with Gasteiger partial charge in [-0.3, -0.25) is 9.59 Å². The van der Waals surface area contributed by atoms with Gasteiger partial charge in [0.05, 0.1) is 12.1 Å². The van der Waals surface area contributed by atoms with Crippen LogP contribution in [0.5, 0.6) is 0 Å². The van der Waals surface area contributed by atoms with Gasteiger partial charge in [-0.2, -0.15) is 13.2 Å². The van der Waals surface area contributed by atoms with Crippen molar-refractivity contribution in [3.05, 3.63) is 41.7 Å². The number of alkyl halides is 3. The number of amides is 2. The Bertz CT molecular complexity index is 864. The molecule has 0 unspecified atom stereocenters. The van der Waals surface area contributed by atoms with E-state index >= 15 is 0 Å². The Morgan fingerprint density at radius 3 is 2.61 bits per heavy atom. The van der Waals surface area contributed by atoms with E-state index in [0.717, 1.165) is 25.0 Å². The Hall–Kier alpha value is -2.98. The van der Waals surface area contributed by atoms with Crippen LogP contribution in [0.2, 0.25) is 0 Å². The minimum absolute atomic E-state index is 0.0628. The Morgan fingerprint density at radius 2 is 1.94 bits per heavy atom. The molecular formula is C20H25F3N6O2. The molecule has 1 N–H and O–H groups in total. The minimum atomic E-state index is -4.40. The minimum Gasteiger partial charge on any atom is -0.352 e. The molecule has 1 aliphatic rings. The molecule has 0 atom stereocenters. The first-order valence-electron chi connectivity index (χ1n) is 10.2. The summed E-state index contributed by atoms with van der Waals surface area (Å²) in [6.45, 7) is 1.82. The summed E-state index contributed by atoms with van der Waals surface area (Å²) in [5.41, 5.74) is -0.310. The number of hydrogen-bond donors (Lipinski definition) is 1. The van der Waals surface area contributed by atoms with E-state index in [0.29, 0.717) is 50.4 Å². The number of rotatable bonds is 8. The van der Waals surface area contributed by atoms with Gasteiger partial charge in [-0.25, -0.2) is 4.68 Å². The number of nitrogens with one attached hydrogen (secondary N) is 1. The third-order valence-corrected chi connectivity index (χ3v) is 5.44. The van der Waals surface area contributed by atoms with Gasteiger partial charge >= 0.3 is 6.18 Å². The summed E-state index contributed by atoms with van der Waals surface area (Å²) in [5, 5.41) is 13.5. The predicted octanol–water partition coefficient (Wildman–Crippen LogP) is 2.42. The molecule has 2 heterocycles. The number of benzene rings is 1. The molecule has 0 radical (unpaired) electrons. The van der Waals surface area contributed by atoms with Crippen LogP contribution in [-0.4, -0.2) is 50.0 Å². The van der Waals surface area contributed by atoms with E-state index in [1.54, 1.807) is 6.07 Å². The maximum atomic E-state index is 12.8. The number of halogens is 3. The molecule has 0 bridgehead atoms. The lowest BCUT2D eigenvalue weighted by Gasteiger charge is -2.32. The second-order valence-corrected chi connectivity index (χ2v) is 7.66. The van der Waals surface area contributed by atoms with Crippen LogP contribution in [0.1, 0.15) is 43.2 Å². The largest absolute Gasteiger partial charge is 0.416 e. The molecule has 3 rings (SSSR count). The Labute approximate surface area is 177 Å². The fourth-order valence-electron chi connectivity index (χ4n) is 3.60. The van der Waals surface area contributed by atoms with Gasteiger partial charge in [0.1, 0.15) is 6.33 Å². The summed E-state index contributed by atoms with van der Waals surface area (Å²) < 4.78 is 39.8. The number of aryl methyl sites for hydroxylation is 1. The number of piperidine rings is 1. The standard InChI is InChI=1S/C20H25F3N6O2/c21-20(22,23)17-3-1-2-16(12-17)13-24-18(30)5-4-15-6-9-28(10-7-15)19(31)8-11-29-14-25-26-27-29/h1-3,12,14-15H,4-11,13H2,(H,24,30). The van der Waals surface area contributed by atoms with Crippen molar-refractivity contribution in [1.29, 1.82) is 0 Å². The van der Waals surface area contributed by atoms with Crippen LogP contribution in [0, 0.1) is 5.92 Å². The van der Waals surface area contributed by atoms with Crippen molar-refractivity contribution in [3.63, 3.8) is 0 Å². The van der Waals surface area contributed by atoms with Crippen LogP contribution in [0.15, 0.2) is 30.6 Å². The van der Waals surface area contributed by atoms with Crippen molar-refractivity contribution in [2.45, 2.75) is 51.4 Å². The molecule has 168 valence electrons. The summed E-state index contributed by atoms with van der Waals surface area (Å²) >= 11 is 0. The van der Waals surface area contributed by atoms with E-state index in [1.165, 1.54) is 17.1 Å². The lowest BCUT2D eigenvalue weighted by Crippen LogP contribution is -2.39. The molecular weight excluding hydrogens is 413 g/mol. The molecule has 0 aliphatic carbocycles. The first-order valence-corrected chi connectivity index (χ1v) is 10.2. The van der Waals surface area contributed by atoms with E-state index in [9.17, 15) is 22.8 Å². The normalized spacial score (nSPS) is 15.1. The lowest BCUT2D eigenvalue weighted by atomic mass is 9.92. The van der Waals surface area contributed by atoms with Gasteiger partial charge in [0.25, 0.3) is 0 Å². The van der Waals surface area contributed by atoms with Gasteiger partial charge in [-0.05, 0) is 53.3 Å². The molecule has 1 aliphatic heterocycles. The zero-order chi connectivity index (χ0) is 22.3. The molecule has 8 nitrogen and oxygen atoms in total. The number of nitrogens with zero attached hydrogens (tertiary/aromatic N) is 5. The summed E-state index contributed by atoms with van der Waals surface area (Å²) in [7, 11) is 0. The van der Waals surface area contributed by atoms with Gasteiger partial charge in [0.2, 0.25) is 11.8 Å². The molecule has 1 aromatic carbocycles. The fraction of sp³-hybridized carbons (Fsp3) is 0.550. The third kappa shape index (κ3) is 7.04. The summed E-state index contributed by atoms with van der Waals surface area (Å²) in [6, 6.07) is 4.95. The van der Waals surface area contributed by atoms with E-state index in [4.69, 9.17) is 0 Å². The topological polar surface area (TPSA) is 93.0 Å². The molecule has 0 spiro atoms. The monoisotopic (exact) mass is 438 g/mol. The van der Waals surface area contributed by atoms with Crippen LogP contribution in [0.4, 0.5) is 13.2 Å². The van der Waals surface area contributed by atoms with Gasteiger partial charge < -0.3 is 10.2 Å². The van der Waals surface area contributed by atoms with Crippen molar-refractivity contribution in [2.75, 3.05) is 13.1 Å². The lowest BCUT2D eigenvalue weighted by molar-refractivity contribution is -0.137. The zero-order valence-corrected chi connectivity index (χ0v) is 17.0. The van der Waals surface area contributed by atoms with Crippen LogP contribution < -0.4 is 5.32 Å². The highest BCUT2D eigenvalue weighted by atomic mass is 19.4. The average molecular weight is 438 g/mol. The summed E-state index contributed by atoms with van der Waals surface area (Å²) in [4.78, 5) is 26.2. The van der Waals surface area contributed by atoms with Crippen molar-refractivity contribution >= 4 is 11.8 Å². The van der Waals surface area contributed by atoms with Gasteiger partial charge in [0.15, 0.2) is 0 Å². The molecule has 1 saturated heterocycles. The van der Waals surface area contributed by atoms with E-state index in [1.807, 2.05) is 4.90 Å². The molecule has 2 aromatic rings. The SMILES string of the molecule is O=C(CCC1CCN(C(=O)CCn2cnnn2)CC1)NCc1cccc(C(F)(F)F)c1. The van der Waals surface area contributed by atoms with Crippen LogP contribution in [0.3, 0.4) is 0 Å². The number of carbonyl (C=O) groups excluding carboxylic acids is 2. The quantitative estimate of drug-likeness (QED) is 0.683. The zero-order valence-electron chi connectivity index (χ0n) is 17.0. The molecule has 31 heavy (non-hydrogen) atoms. The van der Waals surface area contributed by atoms with E-state index in [2.05, 4.69) is 20.8 Å². The number of likely N-dealkylation sites (tertiary alicyclic amines) is 1. The van der Waals surface area contributed by atoms with Gasteiger partial charge in [-0.15, -0.1) is 5.10 Å². The van der Waals surface area contributed by atoms with Crippen molar-refractivity contribution < 1.29 is 22.8 Å². The summed E-state index contributed by atoms with van der Waals surface area (Å²) in [5.74, 6) is 0.230. The molecule has 0 saturated carbocycles. The average Bonchev–Trinajstić information content (AvgIpc) is 3.28. The second kappa shape index (κ2) is 10.4. The molecule has 1 aromatic heterocycles. The maximum Gasteiger partial charge on any atom is 0.416 e. The van der Waals surface area contributed by atoms with E-state index in [-0.39, 0.29) is 18.4 Å². The van der Waals surface area contributed by atoms with Gasteiger partial charge in [-0.1, -0.05) is 12.1 Å². The summed E-state index contributed by atoms with van der Waals surface area (Å²) in [6.07, 6.45) is 0.0854. The number of hydrogen-bond acceptors (Lipinski definition) is 5.